The van der Waals surface area contributed by atoms with Crippen molar-refractivity contribution in [2.24, 2.45) is 0 Å². The van der Waals surface area contributed by atoms with Gasteiger partial charge in [-0.3, -0.25) is 10.1 Å². The SMILES string of the molecule is O=C(Cc1cccc(NC(=O)OCC2c3ccccc3-c3ccccc32)c1)N[C@H](CCO)C(=O)O. The fourth-order valence-corrected chi connectivity index (χ4v) is 4.33. The Hall–Kier alpha value is -4.17. The first-order valence-corrected chi connectivity index (χ1v) is 11.3. The summed E-state index contributed by atoms with van der Waals surface area (Å²) in [6.45, 7) is -0.166. The molecule has 1 aliphatic rings. The lowest BCUT2D eigenvalue weighted by molar-refractivity contribution is -0.142. The van der Waals surface area contributed by atoms with E-state index < -0.39 is 24.0 Å². The van der Waals surface area contributed by atoms with E-state index in [1.54, 1.807) is 24.3 Å². The number of hydrogen-bond donors (Lipinski definition) is 4. The minimum Gasteiger partial charge on any atom is -0.480 e. The second kappa shape index (κ2) is 10.8. The number of carboxylic acids is 1. The molecule has 8 nitrogen and oxygen atoms in total. The van der Waals surface area contributed by atoms with E-state index in [9.17, 15) is 14.4 Å². The first-order valence-electron chi connectivity index (χ1n) is 11.3. The number of ether oxygens (including phenoxy) is 1. The number of carbonyl (C=O) groups is 3. The molecule has 4 N–H and O–H groups in total. The Labute approximate surface area is 202 Å². The Morgan fingerprint density at radius 1 is 0.914 bits per heavy atom. The van der Waals surface area contributed by atoms with Gasteiger partial charge in [0, 0.05) is 24.6 Å². The molecule has 0 saturated heterocycles. The maximum Gasteiger partial charge on any atom is 0.411 e. The highest BCUT2D eigenvalue weighted by molar-refractivity contribution is 5.87. The van der Waals surface area contributed by atoms with Crippen molar-refractivity contribution in [1.82, 2.24) is 5.32 Å². The standard InChI is InChI=1S/C27H26N2O6/c30-13-12-24(26(32)33)29-25(31)15-17-6-5-7-18(14-17)28-27(34)35-16-23-21-10-3-1-8-19(21)20-9-2-4-11-22(20)23/h1-11,14,23-24,30H,12-13,15-16H2,(H,28,34)(H,29,31)(H,32,33)/t24-/m1/s1. The third-order valence-corrected chi connectivity index (χ3v) is 5.93. The number of aliphatic hydroxyl groups excluding tert-OH is 1. The highest BCUT2D eigenvalue weighted by atomic mass is 16.5. The largest absolute Gasteiger partial charge is 0.480 e. The van der Waals surface area contributed by atoms with E-state index in [1.165, 1.54) is 0 Å². The number of fused-ring (bicyclic) bond motifs is 3. The number of rotatable bonds is 9. The summed E-state index contributed by atoms with van der Waals surface area (Å²) >= 11 is 0. The topological polar surface area (TPSA) is 125 Å². The number of aliphatic carboxylic acids is 1. The highest BCUT2D eigenvalue weighted by Gasteiger charge is 2.29. The van der Waals surface area contributed by atoms with E-state index in [4.69, 9.17) is 14.9 Å². The fourth-order valence-electron chi connectivity index (χ4n) is 4.33. The van der Waals surface area contributed by atoms with E-state index >= 15 is 0 Å². The lowest BCUT2D eigenvalue weighted by Crippen LogP contribution is -2.42. The predicted molar refractivity (Wildman–Crippen MR) is 130 cm³/mol. The van der Waals surface area contributed by atoms with Gasteiger partial charge >= 0.3 is 12.1 Å². The van der Waals surface area contributed by atoms with Crippen molar-refractivity contribution in [2.45, 2.75) is 24.8 Å². The van der Waals surface area contributed by atoms with Gasteiger partial charge in [-0.2, -0.15) is 0 Å². The van der Waals surface area contributed by atoms with Crippen LogP contribution in [0.15, 0.2) is 72.8 Å². The lowest BCUT2D eigenvalue weighted by Gasteiger charge is -2.15. The van der Waals surface area contributed by atoms with Gasteiger partial charge in [0.15, 0.2) is 0 Å². The van der Waals surface area contributed by atoms with E-state index in [0.29, 0.717) is 11.3 Å². The number of amides is 2. The number of carbonyl (C=O) groups excluding carboxylic acids is 2. The monoisotopic (exact) mass is 474 g/mol. The highest BCUT2D eigenvalue weighted by Crippen LogP contribution is 2.44. The Morgan fingerprint density at radius 2 is 1.57 bits per heavy atom. The number of nitrogens with one attached hydrogen (secondary N) is 2. The molecule has 0 bridgehead atoms. The Bertz CT molecular complexity index is 1200. The molecule has 1 aliphatic carbocycles. The fraction of sp³-hybridized carbons (Fsp3) is 0.222. The van der Waals surface area contributed by atoms with E-state index in [1.807, 2.05) is 36.4 Å². The third kappa shape index (κ3) is 5.67. The Kier molecular flexibility index (Phi) is 7.42. The molecule has 180 valence electrons. The predicted octanol–water partition coefficient (Wildman–Crippen LogP) is 3.54. The first-order chi connectivity index (χ1) is 17.0. The minimum absolute atomic E-state index is 0.0516. The van der Waals surface area contributed by atoms with Crippen LogP contribution >= 0.6 is 0 Å². The summed E-state index contributed by atoms with van der Waals surface area (Å²) in [5.74, 6) is -1.76. The molecule has 0 aliphatic heterocycles. The average Bonchev–Trinajstić information content (AvgIpc) is 3.16. The van der Waals surface area contributed by atoms with Gasteiger partial charge in [0.05, 0.1) is 6.42 Å². The summed E-state index contributed by atoms with van der Waals surface area (Å²) in [6, 6.07) is 21.7. The van der Waals surface area contributed by atoms with Gasteiger partial charge < -0.3 is 20.3 Å². The quantitative estimate of drug-likeness (QED) is 0.376. The van der Waals surface area contributed by atoms with Crippen LogP contribution in [0.2, 0.25) is 0 Å². The number of anilines is 1. The normalized spacial score (nSPS) is 12.8. The summed E-state index contributed by atoms with van der Waals surface area (Å²) in [5, 5.41) is 23.1. The molecule has 0 aromatic heterocycles. The van der Waals surface area contributed by atoms with Gasteiger partial charge in [0.1, 0.15) is 12.6 Å². The molecular formula is C27H26N2O6. The zero-order valence-corrected chi connectivity index (χ0v) is 18.9. The molecular weight excluding hydrogens is 448 g/mol. The summed E-state index contributed by atoms with van der Waals surface area (Å²) in [6.07, 6.45) is -0.762. The zero-order valence-electron chi connectivity index (χ0n) is 18.9. The van der Waals surface area contributed by atoms with Crippen LogP contribution < -0.4 is 10.6 Å². The van der Waals surface area contributed by atoms with Crippen LogP contribution in [0.25, 0.3) is 11.1 Å². The lowest BCUT2D eigenvalue weighted by atomic mass is 9.98. The minimum atomic E-state index is -1.21. The Balaban J connectivity index is 1.35. The molecule has 0 spiro atoms. The summed E-state index contributed by atoms with van der Waals surface area (Å²) < 4.78 is 5.55. The molecule has 3 aromatic rings. The van der Waals surface area contributed by atoms with E-state index in [0.717, 1.165) is 22.3 Å². The second-order valence-corrected chi connectivity index (χ2v) is 8.30. The van der Waals surface area contributed by atoms with Gasteiger partial charge in [-0.1, -0.05) is 60.7 Å². The van der Waals surface area contributed by atoms with E-state index in [-0.39, 0.29) is 32.0 Å². The molecule has 35 heavy (non-hydrogen) atoms. The van der Waals surface area contributed by atoms with Crippen molar-refractivity contribution in [1.29, 1.82) is 0 Å². The molecule has 0 radical (unpaired) electrons. The van der Waals surface area contributed by atoms with Crippen molar-refractivity contribution < 1.29 is 29.3 Å². The zero-order chi connectivity index (χ0) is 24.8. The Morgan fingerprint density at radius 3 is 2.20 bits per heavy atom. The van der Waals surface area contributed by atoms with E-state index in [2.05, 4.69) is 22.8 Å². The van der Waals surface area contributed by atoms with Gasteiger partial charge in [-0.05, 0) is 39.9 Å². The molecule has 0 saturated carbocycles. The van der Waals surface area contributed by atoms with Crippen molar-refractivity contribution >= 4 is 23.7 Å². The number of benzene rings is 3. The molecule has 0 fully saturated rings. The smallest absolute Gasteiger partial charge is 0.411 e. The molecule has 0 unspecified atom stereocenters. The molecule has 1 atom stereocenters. The maximum atomic E-state index is 12.5. The summed E-state index contributed by atoms with van der Waals surface area (Å²) in [5.41, 5.74) is 5.58. The van der Waals surface area contributed by atoms with Gasteiger partial charge in [0.25, 0.3) is 0 Å². The average molecular weight is 475 g/mol. The number of aliphatic hydroxyl groups is 1. The van der Waals surface area contributed by atoms with Crippen molar-refractivity contribution in [3.63, 3.8) is 0 Å². The molecule has 3 aromatic carbocycles. The molecule has 0 heterocycles. The van der Waals surface area contributed by atoms with Crippen LogP contribution in [0.5, 0.6) is 0 Å². The van der Waals surface area contributed by atoms with Crippen LogP contribution in [0.4, 0.5) is 10.5 Å². The second-order valence-electron chi connectivity index (χ2n) is 8.30. The number of carboxylic acid groups (broad SMARTS) is 1. The van der Waals surface area contributed by atoms with Crippen LogP contribution in [0, 0.1) is 0 Å². The molecule has 2 amide bonds. The van der Waals surface area contributed by atoms with Crippen LogP contribution in [0.3, 0.4) is 0 Å². The molecule has 4 rings (SSSR count). The third-order valence-electron chi connectivity index (χ3n) is 5.93. The van der Waals surface area contributed by atoms with Gasteiger partial charge in [0.2, 0.25) is 5.91 Å². The molecule has 8 heteroatoms. The summed E-state index contributed by atoms with van der Waals surface area (Å²) in [4.78, 5) is 35.9. The maximum absolute atomic E-state index is 12.5. The van der Waals surface area contributed by atoms with Crippen molar-refractivity contribution in [3.8, 4) is 11.1 Å². The first kappa shape index (κ1) is 24.0. The number of hydrogen-bond acceptors (Lipinski definition) is 5. The van der Waals surface area contributed by atoms with Crippen molar-refractivity contribution in [2.75, 3.05) is 18.5 Å². The van der Waals surface area contributed by atoms with Gasteiger partial charge in [-0.25, -0.2) is 9.59 Å². The summed E-state index contributed by atoms with van der Waals surface area (Å²) in [7, 11) is 0. The van der Waals surface area contributed by atoms with Crippen LogP contribution in [0.1, 0.15) is 29.0 Å². The van der Waals surface area contributed by atoms with Gasteiger partial charge in [-0.15, -0.1) is 0 Å². The van der Waals surface area contributed by atoms with Crippen molar-refractivity contribution in [3.05, 3.63) is 89.5 Å². The van der Waals surface area contributed by atoms with Crippen LogP contribution in [-0.2, 0) is 20.7 Å². The van der Waals surface area contributed by atoms with Crippen LogP contribution in [-0.4, -0.2) is 47.4 Å².